The van der Waals surface area contributed by atoms with E-state index in [4.69, 9.17) is 10.5 Å². The molecule has 0 bridgehead atoms. The predicted molar refractivity (Wildman–Crippen MR) is 92.7 cm³/mol. The van der Waals surface area contributed by atoms with Gasteiger partial charge in [0.05, 0.1) is 13.2 Å². The van der Waals surface area contributed by atoms with Crippen molar-refractivity contribution >= 4 is 17.7 Å². The highest BCUT2D eigenvalue weighted by molar-refractivity contribution is 5.90. The minimum Gasteiger partial charge on any atom is -0.494 e. The van der Waals surface area contributed by atoms with Gasteiger partial charge in [-0.2, -0.15) is 0 Å². The van der Waals surface area contributed by atoms with E-state index in [1.54, 1.807) is 0 Å². The fourth-order valence-corrected chi connectivity index (χ4v) is 2.82. The summed E-state index contributed by atoms with van der Waals surface area (Å²) in [6.07, 6.45) is 3.13. The molecule has 1 heterocycles. The van der Waals surface area contributed by atoms with Crippen LogP contribution in [0.3, 0.4) is 0 Å². The summed E-state index contributed by atoms with van der Waals surface area (Å²) in [5, 5.41) is 2.60. The van der Waals surface area contributed by atoms with Gasteiger partial charge in [0.1, 0.15) is 11.8 Å². The lowest BCUT2D eigenvalue weighted by molar-refractivity contribution is -0.137. The molecule has 1 unspecified atom stereocenters. The molecule has 0 saturated carbocycles. The van der Waals surface area contributed by atoms with Crippen LogP contribution in [0.25, 0.3) is 0 Å². The van der Waals surface area contributed by atoms with E-state index in [0.29, 0.717) is 32.4 Å². The van der Waals surface area contributed by atoms with Crippen LogP contribution in [-0.2, 0) is 14.4 Å². The molecule has 7 nitrogen and oxygen atoms in total. The lowest BCUT2D eigenvalue weighted by Crippen LogP contribution is -2.47. The van der Waals surface area contributed by atoms with Crippen molar-refractivity contribution in [1.29, 1.82) is 0 Å². The van der Waals surface area contributed by atoms with E-state index in [1.165, 1.54) is 4.90 Å². The number of primary amides is 1. The highest BCUT2D eigenvalue weighted by atomic mass is 16.5. The first-order chi connectivity index (χ1) is 12.1. The zero-order chi connectivity index (χ0) is 18.1. The first-order valence-corrected chi connectivity index (χ1v) is 8.61. The number of unbranched alkanes of at least 4 members (excludes halogenated alkanes) is 1. The Labute approximate surface area is 147 Å². The molecule has 25 heavy (non-hydrogen) atoms. The number of nitrogens with zero attached hydrogens (tertiary/aromatic N) is 1. The van der Waals surface area contributed by atoms with E-state index in [2.05, 4.69) is 5.32 Å². The van der Waals surface area contributed by atoms with Crippen LogP contribution in [0.1, 0.15) is 32.1 Å². The number of para-hydroxylation sites is 1. The molecule has 1 aromatic rings. The van der Waals surface area contributed by atoms with E-state index < -0.39 is 11.9 Å². The van der Waals surface area contributed by atoms with E-state index in [0.717, 1.165) is 18.6 Å². The molecule has 3 N–H and O–H groups in total. The van der Waals surface area contributed by atoms with Gasteiger partial charge in [-0.3, -0.25) is 14.4 Å². The van der Waals surface area contributed by atoms with Crippen molar-refractivity contribution in [1.82, 2.24) is 10.2 Å². The Balaban J connectivity index is 1.57. The van der Waals surface area contributed by atoms with Crippen molar-refractivity contribution in [2.45, 2.75) is 38.1 Å². The van der Waals surface area contributed by atoms with Crippen molar-refractivity contribution in [3.63, 3.8) is 0 Å². The SMILES string of the molecule is NC(=O)C1CCCN1C(=O)CNC(=O)CCCCOc1ccccc1. The molecule has 2 rings (SSSR count). The van der Waals surface area contributed by atoms with Crippen molar-refractivity contribution in [3.8, 4) is 5.75 Å². The van der Waals surface area contributed by atoms with Crippen molar-refractivity contribution < 1.29 is 19.1 Å². The number of amides is 3. The minimum atomic E-state index is -0.542. The van der Waals surface area contributed by atoms with Crippen LogP contribution in [-0.4, -0.2) is 48.4 Å². The Morgan fingerprint density at radius 3 is 2.68 bits per heavy atom. The van der Waals surface area contributed by atoms with Gasteiger partial charge in [-0.15, -0.1) is 0 Å². The molecule has 0 aromatic heterocycles. The molecule has 0 radical (unpaired) electrons. The summed E-state index contributed by atoms with van der Waals surface area (Å²) < 4.78 is 5.55. The second-order valence-corrected chi connectivity index (χ2v) is 6.04. The van der Waals surface area contributed by atoms with Crippen molar-refractivity contribution in [2.24, 2.45) is 5.73 Å². The van der Waals surface area contributed by atoms with Crippen molar-refractivity contribution in [2.75, 3.05) is 19.7 Å². The van der Waals surface area contributed by atoms with Crippen LogP contribution in [0, 0.1) is 0 Å². The van der Waals surface area contributed by atoms with Crippen LogP contribution in [0.2, 0.25) is 0 Å². The topological polar surface area (TPSA) is 102 Å². The third kappa shape index (κ3) is 6.10. The maximum absolute atomic E-state index is 12.1. The number of hydrogen-bond acceptors (Lipinski definition) is 4. The van der Waals surface area contributed by atoms with Crippen LogP contribution < -0.4 is 15.8 Å². The minimum absolute atomic E-state index is 0.0941. The molecule has 1 aliphatic heterocycles. The summed E-state index contributed by atoms with van der Waals surface area (Å²) >= 11 is 0. The Morgan fingerprint density at radius 1 is 1.20 bits per heavy atom. The molecule has 0 spiro atoms. The monoisotopic (exact) mass is 347 g/mol. The molecule has 1 fully saturated rings. The third-order valence-electron chi connectivity index (χ3n) is 4.15. The summed E-state index contributed by atoms with van der Waals surface area (Å²) in [6.45, 7) is 0.965. The first-order valence-electron chi connectivity index (χ1n) is 8.61. The average Bonchev–Trinajstić information content (AvgIpc) is 3.10. The standard InChI is InChI=1S/C18H25N3O4/c19-18(24)15-9-6-11-21(15)17(23)13-20-16(22)10-4-5-12-25-14-7-2-1-3-8-14/h1-3,7-8,15H,4-6,9-13H2,(H2,19,24)(H,20,22). The second kappa shape index (κ2) is 9.66. The molecular formula is C18H25N3O4. The Bertz CT molecular complexity index is 591. The van der Waals surface area contributed by atoms with Gasteiger partial charge >= 0.3 is 0 Å². The zero-order valence-electron chi connectivity index (χ0n) is 14.3. The number of hydrogen-bond donors (Lipinski definition) is 2. The zero-order valence-corrected chi connectivity index (χ0v) is 14.3. The van der Waals surface area contributed by atoms with Gasteiger partial charge in [0, 0.05) is 13.0 Å². The summed E-state index contributed by atoms with van der Waals surface area (Å²) in [4.78, 5) is 36.6. The number of nitrogens with one attached hydrogen (secondary N) is 1. The lowest BCUT2D eigenvalue weighted by atomic mass is 10.2. The normalized spacial score (nSPS) is 16.5. The summed E-state index contributed by atoms with van der Waals surface area (Å²) in [6, 6.07) is 8.96. The molecule has 136 valence electrons. The molecule has 1 aliphatic rings. The fourth-order valence-electron chi connectivity index (χ4n) is 2.82. The molecule has 1 atom stereocenters. The van der Waals surface area contributed by atoms with Crippen LogP contribution >= 0.6 is 0 Å². The van der Waals surface area contributed by atoms with Gasteiger partial charge in [0.15, 0.2) is 0 Å². The first kappa shape index (κ1) is 18.8. The molecule has 3 amide bonds. The smallest absolute Gasteiger partial charge is 0.242 e. The highest BCUT2D eigenvalue weighted by Crippen LogP contribution is 2.16. The van der Waals surface area contributed by atoms with Gasteiger partial charge in [-0.05, 0) is 37.8 Å². The van der Waals surface area contributed by atoms with Gasteiger partial charge in [-0.25, -0.2) is 0 Å². The molecule has 1 aromatic carbocycles. The van der Waals surface area contributed by atoms with E-state index in [1.807, 2.05) is 30.3 Å². The van der Waals surface area contributed by atoms with Crippen LogP contribution in [0.5, 0.6) is 5.75 Å². The number of nitrogens with two attached hydrogens (primary N) is 1. The number of carbonyl (C=O) groups excluding carboxylic acids is 3. The quantitative estimate of drug-likeness (QED) is 0.646. The Kier molecular flexibility index (Phi) is 7.25. The maximum atomic E-state index is 12.1. The number of rotatable bonds is 9. The molecule has 1 saturated heterocycles. The van der Waals surface area contributed by atoms with E-state index >= 15 is 0 Å². The van der Waals surface area contributed by atoms with Gasteiger partial charge in [-0.1, -0.05) is 18.2 Å². The summed E-state index contributed by atoms with van der Waals surface area (Å²) in [5.74, 6) is -0.118. The van der Waals surface area contributed by atoms with E-state index in [-0.39, 0.29) is 18.4 Å². The fraction of sp³-hybridized carbons (Fsp3) is 0.500. The molecular weight excluding hydrogens is 322 g/mol. The Morgan fingerprint density at radius 2 is 1.96 bits per heavy atom. The second-order valence-electron chi connectivity index (χ2n) is 6.04. The molecule has 7 heteroatoms. The van der Waals surface area contributed by atoms with Gasteiger partial charge in [0.25, 0.3) is 0 Å². The largest absolute Gasteiger partial charge is 0.494 e. The average molecular weight is 347 g/mol. The number of likely N-dealkylation sites (tertiary alicyclic amines) is 1. The molecule has 0 aliphatic carbocycles. The third-order valence-corrected chi connectivity index (χ3v) is 4.15. The van der Waals surface area contributed by atoms with Gasteiger partial charge < -0.3 is 20.7 Å². The number of carbonyl (C=O) groups is 3. The number of ether oxygens (including phenoxy) is 1. The number of benzene rings is 1. The summed E-state index contributed by atoms with van der Waals surface area (Å²) in [7, 11) is 0. The Hall–Kier alpha value is -2.57. The predicted octanol–water partition coefficient (Wildman–Crippen LogP) is 0.828. The maximum Gasteiger partial charge on any atom is 0.242 e. The van der Waals surface area contributed by atoms with Crippen LogP contribution in [0.15, 0.2) is 30.3 Å². The van der Waals surface area contributed by atoms with Gasteiger partial charge in [0.2, 0.25) is 17.7 Å². The summed E-state index contributed by atoms with van der Waals surface area (Å²) in [5.41, 5.74) is 5.29. The lowest BCUT2D eigenvalue weighted by Gasteiger charge is -2.22. The van der Waals surface area contributed by atoms with E-state index in [9.17, 15) is 14.4 Å². The van der Waals surface area contributed by atoms with Crippen LogP contribution in [0.4, 0.5) is 0 Å². The highest BCUT2D eigenvalue weighted by Gasteiger charge is 2.32. The van der Waals surface area contributed by atoms with Crippen molar-refractivity contribution in [3.05, 3.63) is 30.3 Å².